The molecule has 0 saturated carbocycles. The van der Waals surface area contributed by atoms with E-state index in [0.717, 1.165) is 42.0 Å². The van der Waals surface area contributed by atoms with E-state index in [4.69, 9.17) is 5.73 Å². The molecule has 0 radical (unpaired) electrons. The lowest BCUT2D eigenvalue weighted by Crippen LogP contribution is -2.43. The van der Waals surface area contributed by atoms with Crippen LogP contribution in [0.25, 0.3) is 10.2 Å². The molecular weight excluding hydrogens is 378 g/mol. The summed E-state index contributed by atoms with van der Waals surface area (Å²) in [7, 11) is 0. The summed E-state index contributed by atoms with van der Waals surface area (Å²) in [6, 6.07) is 1.71. The zero-order valence-electron chi connectivity index (χ0n) is 16.5. The maximum absolute atomic E-state index is 11.6. The zero-order valence-corrected chi connectivity index (χ0v) is 17.3. The fraction of sp³-hybridized carbons (Fsp3) is 0.579. The fourth-order valence-corrected chi connectivity index (χ4v) is 4.59. The average Bonchev–Trinajstić information content (AvgIpc) is 3.05. The third-order valence-electron chi connectivity index (χ3n) is 4.86. The molecule has 3 rings (SSSR count). The van der Waals surface area contributed by atoms with E-state index in [2.05, 4.69) is 14.9 Å². The standard InChI is InChI=1S/C19H27N5O3S/c1-19(2,3)10-24(18(26)27)9-12-4-6-23(7-5-12)17-15-13(21-11-22-17)8-14(28-15)16(20)25/h8,11-12H,4-7,9-10H2,1-3H3,(H2,20,25)(H,26,27). The Balaban J connectivity index is 1.68. The fourth-order valence-electron chi connectivity index (χ4n) is 3.61. The first-order valence-corrected chi connectivity index (χ1v) is 10.2. The number of aromatic nitrogens is 2. The smallest absolute Gasteiger partial charge is 0.407 e. The highest BCUT2D eigenvalue weighted by Gasteiger charge is 2.27. The number of primary amides is 1. The van der Waals surface area contributed by atoms with Crippen molar-refractivity contribution in [3.63, 3.8) is 0 Å². The molecule has 3 heterocycles. The molecule has 28 heavy (non-hydrogen) atoms. The van der Waals surface area contributed by atoms with Crippen molar-refractivity contribution < 1.29 is 14.7 Å². The minimum atomic E-state index is -0.854. The van der Waals surface area contributed by atoms with Gasteiger partial charge in [0.15, 0.2) is 0 Å². The highest BCUT2D eigenvalue weighted by molar-refractivity contribution is 7.21. The van der Waals surface area contributed by atoms with Crippen LogP contribution in [-0.2, 0) is 0 Å². The van der Waals surface area contributed by atoms with Crippen LogP contribution in [0.5, 0.6) is 0 Å². The molecule has 2 aromatic heterocycles. The molecule has 0 aliphatic carbocycles. The van der Waals surface area contributed by atoms with Crippen LogP contribution in [0.1, 0.15) is 43.3 Å². The summed E-state index contributed by atoms with van der Waals surface area (Å²) < 4.78 is 0.870. The number of carbonyl (C=O) groups excluding carboxylic acids is 1. The van der Waals surface area contributed by atoms with Crippen molar-refractivity contribution in [2.24, 2.45) is 17.1 Å². The summed E-state index contributed by atoms with van der Waals surface area (Å²) in [6.45, 7) is 8.82. The molecule has 0 unspecified atom stereocenters. The molecule has 2 amide bonds. The van der Waals surface area contributed by atoms with Gasteiger partial charge in [0.2, 0.25) is 0 Å². The first kappa shape index (κ1) is 20.3. The van der Waals surface area contributed by atoms with Gasteiger partial charge in [-0.3, -0.25) is 4.79 Å². The molecule has 1 aliphatic rings. The maximum Gasteiger partial charge on any atom is 0.407 e. The normalized spacial score (nSPS) is 15.8. The number of anilines is 1. The van der Waals surface area contributed by atoms with E-state index in [1.807, 2.05) is 20.8 Å². The van der Waals surface area contributed by atoms with E-state index < -0.39 is 12.0 Å². The van der Waals surface area contributed by atoms with Crippen molar-refractivity contribution in [2.45, 2.75) is 33.6 Å². The van der Waals surface area contributed by atoms with Crippen molar-refractivity contribution in [3.05, 3.63) is 17.3 Å². The molecule has 152 valence electrons. The second-order valence-electron chi connectivity index (χ2n) is 8.54. The third kappa shape index (κ3) is 4.70. The Hall–Kier alpha value is -2.42. The number of amides is 2. The van der Waals surface area contributed by atoms with Crippen molar-refractivity contribution >= 4 is 39.4 Å². The van der Waals surface area contributed by atoms with Crippen LogP contribution in [-0.4, -0.2) is 58.2 Å². The van der Waals surface area contributed by atoms with Gasteiger partial charge in [0.25, 0.3) is 5.91 Å². The first-order valence-electron chi connectivity index (χ1n) is 9.41. The van der Waals surface area contributed by atoms with Crippen LogP contribution < -0.4 is 10.6 Å². The van der Waals surface area contributed by atoms with E-state index in [0.29, 0.717) is 23.9 Å². The highest BCUT2D eigenvalue weighted by Crippen LogP contribution is 2.33. The molecule has 8 nitrogen and oxygen atoms in total. The number of fused-ring (bicyclic) bond motifs is 1. The predicted octanol–water partition coefficient (Wildman–Crippen LogP) is 3.03. The number of piperidine rings is 1. The minimum Gasteiger partial charge on any atom is -0.465 e. The molecule has 3 N–H and O–H groups in total. The zero-order chi connectivity index (χ0) is 20.5. The largest absolute Gasteiger partial charge is 0.465 e. The summed E-state index contributed by atoms with van der Waals surface area (Å²) in [5, 5.41) is 9.52. The molecule has 1 aliphatic heterocycles. The van der Waals surface area contributed by atoms with Crippen LogP contribution in [0.2, 0.25) is 0 Å². The molecule has 9 heteroatoms. The van der Waals surface area contributed by atoms with Gasteiger partial charge in [-0.15, -0.1) is 11.3 Å². The van der Waals surface area contributed by atoms with Crippen molar-refractivity contribution in [1.82, 2.24) is 14.9 Å². The number of rotatable bonds is 5. The molecule has 0 spiro atoms. The van der Waals surface area contributed by atoms with Gasteiger partial charge in [-0.05, 0) is 30.2 Å². The van der Waals surface area contributed by atoms with Crippen LogP contribution in [0.4, 0.5) is 10.6 Å². The van der Waals surface area contributed by atoms with E-state index >= 15 is 0 Å². The SMILES string of the molecule is CC(C)(C)CN(CC1CCN(c2ncnc3cc(C(N)=O)sc23)CC1)C(=O)O. The second kappa shape index (κ2) is 7.90. The Morgan fingerprint density at radius 2 is 2.00 bits per heavy atom. The quantitative estimate of drug-likeness (QED) is 0.791. The van der Waals surface area contributed by atoms with E-state index in [9.17, 15) is 14.7 Å². The van der Waals surface area contributed by atoms with Gasteiger partial charge in [-0.2, -0.15) is 0 Å². The van der Waals surface area contributed by atoms with Crippen LogP contribution in [0.3, 0.4) is 0 Å². The Morgan fingerprint density at radius 3 is 2.57 bits per heavy atom. The monoisotopic (exact) mass is 405 g/mol. The number of hydrogen-bond donors (Lipinski definition) is 2. The molecule has 0 atom stereocenters. The van der Waals surface area contributed by atoms with Crippen LogP contribution in [0.15, 0.2) is 12.4 Å². The Kier molecular flexibility index (Phi) is 5.74. The molecule has 0 aromatic carbocycles. The Labute approximate surface area is 168 Å². The van der Waals surface area contributed by atoms with Crippen LogP contribution in [0, 0.1) is 11.3 Å². The van der Waals surface area contributed by atoms with E-state index in [-0.39, 0.29) is 5.41 Å². The van der Waals surface area contributed by atoms with Crippen molar-refractivity contribution in [3.8, 4) is 0 Å². The predicted molar refractivity (Wildman–Crippen MR) is 110 cm³/mol. The Bertz CT molecular complexity index is 868. The number of carboxylic acid groups (broad SMARTS) is 1. The lowest BCUT2D eigenvalue weighted by Gasteiger charge is -2.36. The summed E-state index contributed by atoms with van der Waals surface area (Å²) >= 11 is 1.32. The number of nitrogens with two attached hydrogens (primary N) is 1. The number of thiophene rings is 1. The molecule has 1 saturated heterocycles. The van der Waals surface area contributed by atoms with Crippen LogP contribution >= 0.6 is 11.3 Å². The molecule has 2 aromatic rings. The van der Waals surface area contributed by atoms with Gasteiger partial charge in [0, 0.05) is 26.2 Å². The van der Waals surface area contributed by atoms with Gasteiger partial charge in [0.05, 0.1) is 15.1 Å². The average molecular weight is 406 g/mol. The van der Waals surface area contributed by atoms with Gasteiger partial charge in [-0.1, -0.05) is 20.8 Å². The molecular formula is C19H27N5O3S. The van der Waals surface area contributed by atoms with E-state index in [1.165, 1.54) is 17.7 Å². The number of carbonyl (C=O) groups is 2. The maximum atomic E-state index is 11.6. The Morgan fingerprint density at radius 1 is 1.32 bits per heavy atom. The topological polar surface area (TPSA) is 113 Å². The van der Waals surface area contributed by atoms with Crippen molar-refractivity contribution in [1.29, 1.82) is 0 Å². The molecule has 0 bridgehead atoms. The summed E-state index contributed by atoms with van der Waals surface area (Å²) in [5.41, 5.74) is 6.06. The highest BCUT2D eigenvalue weighted by atomic mass is 32.1. The van der Waals surface area contributed by atoms with Crippen molar-refractivity contribution in [2.75, 3.05) is 31.1 Å². The lowest BCUT2D eigenvalue weighted by molar-refractivity contribution is 0.100. The van der Waals surface area contributed by atoms with Gasteiger partial charge in [-0.25, -0.2) is 14.8 Å². The summed E-state index contributed by atoms with van der Waals surface area (Å²) in [6.07, 6.45) is 2.45. The second-order valence-corrected chi connectivity index (χ2v) is 9.59. The van der Waals surface area contributed by atoms with E-state index in [1.54, 1.807) is 11.0 Å². The van der Waals surface area contributed by atoms with Gasteiger partial charge >= 0.3 is 6.09 Å². The van der Waals surface area contributed by atoms with Gasteiger partial charge < -0.3 is 20.6 Å². The third-order valence-corrected chi connectivity index (χ3v) is 6.00. The van der Waals surface area contributed by atoms with Gasteiger partial charge in [0.1, 0.15) is 12.1 Å². The summed E-state index contributed by atoms with van der Waals surface area (Å²) in [4.78, 5) is 36.0. The molecule has 1 fully saturated rings. The lowest BCUT2D eigenvalue weighted by atomic mass is 9.93. The number of nitrogens with zero attached hydrogens (tertiary/aromatic N) is 4. The number of hydrogen-bond acceptors (Lipinski definition) is 6. The first-order chi connectivity index (χ1) is 13.1. The minimum absolute atomic E-state index is 0.0665. The summed E-state index contributed by atoms with van der Waals surface area (Å²) in [5.74, 6) is 0.697.